The molecule has 3 aromatic rings. The molecule has 1 aromatic heterocycles. The van der Waals surface area contributed by atoms with Crippen LogP contribution in [0.15, 0.2) is 39.6 Å². The monoisotopic (exact) mass is 472 g/mol. The zero-order valence-electron chi connectivity index (χ0n) is 13.3. The van der Waals surface area contributed by atoms with Crippen LogP contribution in [-0.4, -0.2) is 22.1 Å². The van der Waals surface area contributed by atoms with Gasteiger partial charge < -0.3 is 9.72 Å². The highest BCUT2D eigenvalue weighted by atomic mass is 79.9. The number of halogens is 3. The van der Waals surface area contributed by atoms with Crippen molar-refractivity contribution in [3.05, 3.63) is 65.5 Å². The highest BCUT2D eigenvalue weighted by molar-refractivity contribution is 9.10. The van der Waals surface area contributed by atoms with Gasteiger partial charge in [0, 0.05) is 10.6 Å². The summed E-state index contributed by atoms with van der Waals surface area (Å²) in [5, 5.41) is 0.710. The second kappa shape index (κ2) is 7.52. The van der Waals surface area contributed by atoms with Crippen molar-refractivity contribution in [1.29, 1.82) is 0 Å². The molecule has 0 amide bonds. The number of fused-ring (bicyclic) bond motifs is 1. The normalized spacial score (nSPS) is 10.9. The summed E-state index contributed by atoms with van der Waals surface area (Å²) in [7, 11) is 0. The molecule has 0 aliphatic heterocycles. The number of nitrogens with one attached hydrogen (secondary N) is 1. The van der Waals surface area contributed by atoms with Crippen LogP contribution in [0, 0.1) is 4.77 Å². The van der Waals surface area contributed by atoms with Crippen molar-refractivity contribution < 1.29 is 9.53 Å². The van der Waals surface area contributed by atoms with E-state index in [0.717, 1.165) is 4.57 Å². The van der Waals surface area contributed by atoms with Crippen molar-refractivity contribution in [2.75, 3.05) is 6.61 Å². The van der Waals surface area contributed by atoms with Crippen LogP contribution in [0.3, 0.4) is 0 Å². The molecule has 0 aliphatic rings. The minimum atomic E-state index is -0.594. The number of hydrogen-bond donors (Lipinski definition) is 1. The largest absolute Gasteiger partial charge is 0.493 e. The Morgan fingerprint density at radius 1 is 1.31 bits per heavy atom. The first-order valence-corrected chi connectivity index (χ1v) is 9.40. The van der Waals surface area contributed by atoms with E-state index in [2.05, 4.69) is 20.9 Å². The molecule has 9 heteroatoms. The predicted octanol–water partition coefficient (Wildman–Crippen LogP) is 5.22. The van der Waals surface area contributed by atoms with E-state index in [1.807, 2.05) is 6.92 Å². The highest BCUT2D eigenvalue weighted by Crippen LogP contribution is 2.27. The van der Waals surface area contributed by atoms with Gasteiger partial charge in [-0.25, -0.2) is 4.57 Å². The first-order chi connectivity index (χ1) is 12.3. The third-order valence-electron chi connectivity index (χ3n) is 3.61. The average Bonchev–Trinajstić information content (AvgIpc) is 2.58. The number of hydrogen-bond acceptors (Lipinski definition) is 4. The fourth-order valence-electron chi connectivity index (χ4n) is 2.46. The molecule has 1 heterocycles. The Hall–Kier alpha value is -1.67. The molecule has 0 unspecified atom stereocenters. The van der Waals surface area contributed by atoms with Crippen molar-refractivity contribution in [2.24, 2.45) is 0 Å². The van der Waals surface area contributed by atoms with E-state index in [1.54, 1.807) is 18.2 Å². The number of H-pyrrole nitrogens is 1. The van der Waals surface area contributed by atoms with Crippen LogP contribution in [0.2, 0.25) is 10.0 Å². The molecular weight excluding hydrogens is 463 g/mol. The summed E-state index contributed by atoms with van der Waals surface area (Å²) in [6.45, 7) is 2.35. The number of carbonyl (C=O) groups excluding carboxylic acids is 1. The molecule has 0 spiro atoms. The molecule has 0 saturated heterocycles. The van der Waals surface area contributed by atoms with Crippen LogP contribution < -0.4 is 10.3 Å². The summed E-state index contributed by atoms with van der Waals surface area (Å²) in [5.74, 6) is 0.0247. The Morgan fingerprint density at radius 2 is 2.04 bits per heavy atom. The van der Waals surface area contributed by atoms with Gasteiger partial charge in [-0.15, -0.1) is 0 Å². The van der Waals surface area contributed by atoms with E-state index < -0.39 is 11.5 Å². The third-order valence-corrected chi connectivity index (χ3v) is 5.03. The van der Waals surface area contributed by atoms with Crippen LogP contribution >= 0.6 is 51.3 Å². The number of benzene rings is 2. The van der Waals surface area contributed by atoms with Crippen LogP contribution in [0.1, 0.15) is 17.3 Å². The maximum atomic E-state index is 12.9. The van der Waals surface area contributed by atoms with Crippen LogP contribution in [0.4, 0.5) is 0 Å². The van der Waals surface area contributed by atoms with Gasteiger partial charge >= 0.3 is 0 Å². The number of aromatic amines is 1. The molecule has 5 nitrogen and oxygen atoms in total. The summed E-state index contributed by atoms with van der Waals surface area (Å²) >= 11 is 20.6. The summed E-state index contributed by atoms with van der Waals surface area (Å²) < 4.78 is 6.85. The van der Waals surface area contributed by atoms with Gasteiger partial charge in [0.15, 0.2) is 4.77 Å². The zero-order valence-corrected chi connectivity index (χ0v) is 17.2. The lowest BCUT2D eigenvalue weighted by molar-refractivity contribution is 0.0953. The quantitative estimate of drug-likeness (QED) is 0.530. The number of rotatable bonds is 3. The minimum Gasteiger partial charge on any atom is -0.493 e. The van der Waals surface area contributed by atoms with Crippen molar-refractivity contribution in [2.45, 2.75) is 6.92 Å². The van der Waals surface area contributed by atoms with Crippen molar-refractivity contribution in [3.8, 4) is 5.75 Å². The number of nitrogens with zero attached hydrogens (tertiary/aromatic N) is 1. The molecule has 26 heavy (non-hydrogen) atoms. The molecule has 0 bridgehead atoms. The lowest BCUT2D eigenvalue weighted by Crippen LogP contribution is -2.29. The zero-order chi connectivity index (χ0) is 19.0. The first-order valence-electron chi connectivity index (χ1n) is 7.44. The second-order valence-corrected chi connectivity index (χ2v) is 7.35. The third kappa shape index (κ3) is 3.44. The summed E-state index contributed by atoms with van der Waals surface area (Å²) in [6, 6.07) is 7.71. The predicted molar refractivity (Wildman–Crippen MR) is 108 cm³/mol. The Bertz CT molecular complexity index is 1160. The van der Waals surface area contributed by atoms with Crippen LogP contribution in [0.25, 0.3) is 10.9 Å². The molecule has 0 saturated carbocycles. The van der Waals surface area contributed by atoms with E-state index >= 15 is 0 Å². The summed E-state index contributed by atoms with van der Waals surface area (Å²) in [5.41, 5.74) is 0.0144. The number of aromatic nitrogens is 2. The van der Waals surface area contributed by atoms with Crippen molar-refractivity contribution >= 4 is 68.2 Å². The highest BCUT2D eigenvalue weighted by Gasteiger charge is 2.17. The molecule has 3 rings (SSSR count). The van der Waals surface area contributed by atoms with E-state index in [4.69, 9.17) is 40.2 Å². The Balaban J connectivity index is 2.19. The van der Waals surface area contributed by atoms with Crippen LogP contribution in [-0.2, 0) is 0 Å². The maximum Gasteiger partial charge on any atom is 0.269 e. The molecule has 0 aliphatic carbocycles. The van der Waals surface area contributed by atoms with Gasteiger partial charge in [0.1, 0.15) is 5.75 Å². The number of carbonyl (C=O) groups is 1. The summed E-state index contributed by atoms with van der Waals surface area (Å²) in [4.78, 5) is 28.5. The molecule has 1 N–H and O–H groups in total. The molecule has 0 atom stereocenters. The minimum absolute atomic E-state index is 0.0540. The van der Waals surface area contributed by atoms with E-state index in [0.29, 0.717) is 22.3 Å². The average molecular weight is 474 g/mol. The molecule has 0 radical (unpaired) electrons. The lowest BCUT2D eigenvalue weighted by Gasteiger charge is -2.10. The second-order valence-electron chi connectivity index (χ2n) is 5.26. The molecular formula is C17H11BrCl2N2O3S. The van der Waals surface area contributed by atoms with Crippen molar-refractivity contribution in [3.63, 3.8) is 0 Å². The summed E-state index contributed by atoms with van der Waals surface area (Å²) in [6.07, 6.45) is 0. The maximum absolute atomic E-state index is 12.9. The van der Waals surface area contributed by atoms with Gasteiger partial charge in [0.2, 0.25) is 0 Å². The number of ether oxygens (including phenoxy) is 1. The lowest BCUT2D eigenvalue weighted by atomic mass is 10.2. The van der Waals surface area contributed by atoms with E-state index in [-0.39, 0.29) is 25.8 Å². The van der Waals surface area contributed by atoms with E-state index in [1.165, 1.54) is 12.1 Å². The van der Waals surface area contributed by atoms with Gasteiger partial charge in [-0.3, -0.25) is 9.59 Å². The Morgan fingerprint density at radius 3 is 2.69 bits per heavy atom. The van der Waals surface area contributed by atoms with Gasteiger partial charge in [0.25, 0.3) is 11.5 Å². The fraction of sp³-hybridized carbons (Fsp3) is 0.118. The van der Waals surface area contributed by atoms with Gasteiger partial charge in [-0.05, 0) is 65.4 Å². The standard InChI is InChI=1S/C17H11BrCl2N2O3S/c1-2-25-13-4-3-8(5-11(13)18)15(23)22-16(24)10-6-9(19)7-12(20)14(10)21-17(22)26/h3-7H,2H2,1H3,(H,21,26). The Kier molecular flexibility index (Phi) is 5.53. The fourth-order valence-corrected chi connectivity index (χ4v) is 3.77. The van der Waals surface area contributed by atoms with Gasteiger partial charge in [-0.2, -0.15) is 0 Å². The first kappa shape index (κ1) is 19.1. The molecule has 2 aromatic carbocycles. The Labute approximate surface area is 171 Å². The SMILES string of the molecule is CCOc1ccc(C(=O)n2c(=S)[nH]c3c(Cl)cc(Cl)cc3c2=O)cc1Br. The molecule has 0 fully saturated rings. The smallest absolute Gasteiger partial charge is 0.269 e. The topological polar surface area (TPSA) is 64.1 Å². The van der Waals surface area contributed by atoms with Gasteiger partial charge in [-0.1, -0.05) is 23.2 Å². The van der Waals surface area contributed by atoms with Crippen LogP contribution in [0.5, 0.6) is 5.75 Å². The van der Waals surface area contributed by atoms with Crippen molar-refractivity contribution in [1.82, 2.24) is 9.55 Å². The van der Waals surface area contributed by atoms with E-state index in [9.17, 15) is 9.59 Å². The van der Waals surface area contributed by atoms with Gasteiger partial charge in [0.05, 0.1) is 27.0 Å². The molecule has 134 valence electrons.